The topological polar surface area (TPSA) is 106 Å². The van der Waals surface area contributed by atoms with Crippen LogP contribution in [0.5, 0.6) is 0 Å². The molecule has 8 bridgehead atoms. The van der Waals surface area contributed by atoms with Crippen LogP contribution in [0.3, 0.4) is 0 Å². The number of hydrogen-bond donors (Lipinski definition) is 0. The van der Waals surface area contributed by atoms with Crippen LogP contribution in [-0.4, -0.2) is 29.9 Å². The van der Waals surface area contributed by atoms with Gasteiger partial charge in [0, 0.05) is 48.4 Å². The second-order valence-corrected chi connectivity index (χ2v) is 12.1. The van der Waals surface area contributed by atoms with Crippen LogP contribution in [0.2, 0.25) is 0 Å². The summed E-state index contributed by atoms with van der Waals surface area (Å²) in [5.74, 6) is 2.19. The average Bonchev–Trinajstić information content (AvgIpc) is 3.80. The molecule has 0 saturated heterocycles. The molecule has 210 valence electrons. The Morgan fingerprint density at radius 1 is 0.391 bits per heavy atom. The summed E-state index contributed by atoms with van der Waals surface area (Å²) in [6.45, 7) is 0. The van der Waals surface area contributed by atoms with Crippen molar-refractivity contribution in [3.05, 3.63) is 107 Å². The Morgan fingerprint density at radius 3 is 1.28 bits per heavy atom. The van der Waals surface area contributed by atoms with Gasteiger partial charge in [-0.3, -0.25) is 0 Å². The summed E-state index contributed by atoms with van der Waals surface area (Å²) in [5, 5.41) is 5.81. The molecule has 0 unspecified atom stereocenters. The third-order valence-electron chi connectivity index (χ3n) is 8.37. The van der Waals surface area contributed by atoms with E-state index in [2.05, 4.69) is 52.9 Å². The number of hydrogen-bond acceptors (Lipinski definition) is 6. The average molecular weight is 754 g/mol. The predicted molar refractivity (Wildman–Crippen MR) is 184 cm³/mol. The van der Waals surface area contributed by atoms with Gasteiger partial charge in [0.25, 0.3) is 0 Å². The monoisotopic (exact) mass is 752 g/mol. The van der Waals surface area contributed by atoms with Gasteiger partial charge in [0.2, 0.25) is 0 Å². The molecule has 0 N–H and O–H groups in total. The molecule has 8 nitrogen and oxygen atoms in total. The Morgan fingerprint density at radius 2 is 0.804 bits per heavy atom. The standard InChI is InChI=1S/C36H17IN8.Zn/c37-28-15-7-8-18-16-26-27(17-25(18)28)36-44-34-24-14-6-4-12-22(24)32(42-34)40-30-20-10-2-1-9-19(20)29(38-30)39-31-21-11-3-5-13-23(21)33(41-31)43-35(26)45-36;/h1-17H;/q-2;+2. The third kappa shape index (κ3) is 4.06. The Labute approximate surface area is 287 Å². The fourth-order valence-electron chi connectivity index (χ4n) is 6.24. The van der Waals surface area contributed by atoms with Crippen molar-refractivity contribution < 1.29 is 19.5 Å². The van der Waals surface area contributed by atoms with Crippen molar-refractivity contribution in [1.82, 2.24) is 39.9 Å². The van der Waals surface area contributed by atoms with Crippen molar-refractivity contribution in [2.24, 2.45) is 0 Å². The van der Waals surface area contributed by atoms with E-state index in [-0.39, 0.29) is 19.5 Å². The number of halogens is 1. The van der Waals surface area contributed by atoms with E-state index in [1.54, 1.807) is 0 Å². The third-order valence-corrected chi connectivity index (χ3v) is 9.31. The van der Waals surface area contributed by atoms with Gasteiger partial charge in [-0.25, -0.2) is 9.97 Å². The van der Waals surface area contributed by atoms with Crippen molar-refractivity contribution in [2.45, 2.75) is 0 Å². The van der Waals surface area contributed by atoms with E-state index in [1.807, 2.05) is 72.8 Å². The summed E-state index contributed by atoms with van der Waals surface area (Å²) >= 11 is 2.37. The minimum Gasteiger partial charge on any atom is -0.357 e. The molecule has 46 heavy (non-hydrogen) atoms. The molecule has 2 aliphatic rings. The van der Waals surface area contributed by atoms with Crippen molar-refractivity contribution >= 4 is 77.5 Å². The molecule has 0 aliphatic carbocycles. The van der Waals surface area contributed by atoms with Crippen LogP contribution in [0.15, 0.2) is 103 Å². The Hall–Kier alpha value is -4.93. The summed E-state index contributed by atoms with van der Waals surface area (Å²) in [5.41, 5.74) is 5.75. The van der Waals surface area contributed by atoms with Gasteiger partial charge in [0.1, 0.15) is 0 Å². The zero-order valence-corrected chi connectivity index (χ0v) is 29.1. The van der Waals surface area contributed by atoms with Crippen LogP contribution in [0.4, 0.5) is 0 Å². The van der Waals surface area contributed by atoms with Crippen LogP contribution >= 0.6 is 22.6 Å². The molecule has 3 aromatic heterocycles. The maximum absolute atomic E-state index is 5.08. The van der Waals surface area contributed by atoms with Gasteiger partial charge in [0.05, 0.1) is 23.3 Å². The summed E-state index contributed by atoms with van der Waals surface area (Å²) in [6.07, 6.45) is 0. The Bertz CT molecular complexity index is 2750. The molecular weight excluding hydrogens is 737 g/mol. The first-order valence-electron chi connectivity index (χ1n) is 14.4. The zero-order chi connectivity index (χ0) is 29.6. The fraction of sp³-hybridized carbons (Fsp3) is 0. The number of nitrogens with zero attached hydrogens (tertiary/aromatic N) is 8. The Kier molecular flexibility index (Phi) is 6.13. The molecule has 0 amide bonds. The normalized spacial score (nSPS) is 11.8. The van der Waals surface area contributed by atoms with Crippen LogP contribution in [0, 0.1) is 3.57 Å². The van der Waals surface area contributed by atoms with E-state index in [9.17, 15) is 0 Å². The van der Waals surface area contributed by atoms with Gasteiger partial charge >= 0.3 is 19.5 Å². The number of fused-ring (bicyclic) bond motifs is 21. The second kappa shape index (κ2) is 10.3. The number of aromatic nitrogens is 8. The SMILES string of the molecule is Ic1cccc2cc3c4nc5nc(nc6[n-]c(nc7nc(nc([n-]4)c3cc12)-c1ccccc1-7)c1ccccc61)-c1ccccc1-5.[Zn+2]. The molecule has 5 heterocycles. The maximum atomic E-state index is 5.08. The molecule has 8 aromatic rings. The van der Waals surface area contributed by atoms with Crippen LogP contribution in [0.25, 0.3) is 100 Å². The van der Waals surface area contributed by atoms with Crippen molar-refractivity contribution in [3.63, 3.8) is 0 Å². The minimum absolute atomic E-state index is 0. The molecule has 0 saturated carbocycles. The van der Waals surface area contributed by atoms with E-state index in [0.29, 0.717) is 45.9 Å². The quantitative estimate of drug-likeness (QED) is 0.114. The molecule has 2 aliphatic heterocycles. The van der Waals surface area contributed by atoms with Gasteiger partial charge in [-0.15, -0.1) is 0 Å². The summed E-state index contributed by atoms with van der Waals surface area (Å²) in [7, 11) is 0. The van der Waals surface area contributed by atoms with Gasteiger partial charge < -0.3 is 29.9 Å². The molecule has 0 fully saturated rings. The molecule has 5 aromatic carbocycles. The van der Waals surface area contributed by atoms with E-state index in [1.165, 1.54) is 0 Å². The smallest absolute Gasteiger partial charge is 0.357 e. The van der Waals surface area contributed by atoms with Crippen molar-refractivity contribution in [2.75, 3.05) is 0 Å². The van der Waals surface area contributed by atoms with Crippen LogP contribution in [0.1, 0.15) is 0 Å². The number of rotatable bonds is 0. The molecule has 0 radical (unpaired) electrons. The largest absolute Gasteiger partial charge is 2.00 e. The maximum Gasteiger partial charge on any atom is 2.00 e. The summed E-state index contributed by atoms with van der Waals surface area (Å²) in [6, 6.07) is 34.5. The molecular formula is C36H17IN8Zn. The van der Waals surface area contributed by atoms with Crippen molar-refractivity contribution in [3.8, 4) is 45.6 Å². The predicted octanol–water partition coefficient (Wildman–Crippen LogP) is 7.88. The minimum atomic E-state index is 0. The fourth-order valence-corrected chi connectivity index (χ4v) is 6.92. The van der Waals surface area contributed by atoms with Crippen LogP contribution in [-0.2, 0) is 19.5 Å². The number of benzene rings is 5. The first-order chi connectivity index (χ1) is 22.2. The molecule has 10 heteroatoms. The van der Waals surface area contributed by atoms with E-state index < -0.39 is 0 Å². The van der Waals surface area contributed by atoms with Gasteiger partial charge in [0.15, 0.2) is 0 Å². The molecule has 0 atom stereocenters. The van der Waals surface area contributed by atoms with E-state index in [4.69, 9.17) is 39.9 Å². The second-order valence-electron chi connectivity index (χ2n) is 11.0. The summed E-state index contributed by atoms with van der Waals surface area (Å²) in [4.78, 5) is 40.0. The van der Waals surface area contributed by atoms with E-state index >= 15 is 0 Å². The first-order valence-corrected chi connectivity index (χ1v) is 15.5. The van der Waals surface area contributed by atoms with Crippen LogP contribution < -0.4 is 9.97 Å². The summed E-state index contributed by atoms with van der Waals surface area (Å²) < 4.78 is 1.15. The van der Waals surface area contributed by atoms with Gasteiger partial charge in [-0.1, -0.05) is 84.9 Å². The zero-order valence-electron chi connectivity index (χ0n) is 24.0. The van der Waals surface area contributed by atoms with Gasteiger partial charge in [-0.05, 0) is 73.1 Å². The van der Waals surface area contributed by atoms with Crippen molar-refractivity contribution in [1.29, 1.82) is 0 Å². The Balaban J connectivity index is 0.00000292. The van der Waals surface area contributed by atoms with E-state index in [0.717, 1.165) is 58.1 Å². The molecule has 0 spiro atoms. The first kappa shape index (κ1) is 27.4. The molecule has 10 rings (SSSR count). The van der Waals surface area contributed by atoms with Gasteiger partial charge in [-0.2, -0.15) is 0 Å².